The first-order chi connectivity index (χ1) is 9.65. The Hall–Kier alpha value is -0.420. The van der Waals surface area contributed by atoms with Crippen LogP contribution >= 0.6 is 15.9 Å². The second kappa shape index (κ2) is 7.55. The van der Waals surface area contributed by atoms with E-state index >= 15 is 0 Å². The predicted molar refractivity (Wildman–Crippen MR) is 88.8 cm³/mol. The Morgan fingerprint density at radius 3 is 2.85 bits per heavy atom. The molecule has 1 saturated heterocycles. The summed E-state index contributed by atoms with van der Waals surface area (Å²) in [6.45, 7) is 6.42. The Bertz CT molecular complexity index is 424. The molecule has 2 N–H and O–H groups in total. The van der Waals surface area contributed by atoms with Crippen molar-refractivity contribution in [3.8, 4) is 0 Å². The molecular weight excluding hydrogens is 314 g/mol. The zero-order valence-corrected chi connectivity index (χ0v) is 14.1. The smallest absolute Gasteiger partial charge is 0.0474 e. The van der Waals surface area contributed by atoms with Crippen LogP contribution in [0.15, 0.2) is 28.7 Å². The van der Waals surface area contributed by atoms with Gasteiger partial charge in [-0.3, -0.25) is 4.90 Å². The number of likely N-dealkylation sites (N-methyl/N-ethyl adjacent to an activating group) is 1. The molecule has 4 heteroatoms. The maximum atomic E-state index is 6.12. The summed E-state index contributed by atoms with van der Waals surface area (Å²) in [5.74, 6) is 0. The fourth-order valence-electron chi connectivity index (χ4n) is 3.21. The minimum Gasteiger partial charge on any atom is -0.329 e. The van der Waals surface area contributed by atoms with Crippen molar-refractivity contribution < 1.29 is 0 Å². The van der Waals surface area contributed by atoms with E-state index in [1.807, 2.05) is 0 Å². The summed E-state index contributed by atoms with van der Waals surface area (Å²) < 4.78 is 1.13. The van der Waals surface area contributed by atoms with Gasteiger partial charge in [-0.1, -0.05) is 35.0 Å². The van der Waals surface area contributed by atoms with E-state index in [2.05, 4.69) is 64.0 Å². The second-order valence-electron chi connectivity index (χ2n) is 5.72. The summed E-state index contributed by atoms with van der Waals surface area (Å²) in [6, 6.07) is 9.50. The van der Waals surface area contributed by atoms with Crippen LogP contribution in [0.5, 0.6) is 0 Å². The van der Waals surface area contributed by atoms with E-state index in [1.54, 1.807) is 0 Å². The molecule has 3 nitrogen and oxygen atoms in total. The molecule has 1 aliphatic heterocycles. The van der Waals surface area contributed by atoms with Crippen molar-refractivity contribution in [1.82, 2.24) is 9.80 Å². The Kier molecular flexibility index (Phi) is 6.02. The number of benzene rings is 1. The highest BCUT2D eigenvalue weighted by molar-refractivity contribution is 9.10. The van der Waals surface area contributed by atoms with Gasteiger partial charge >= 0.3 is 0 Å². The van der Waals surface area contributed by atoms with Crippen molar-refractivity contribution in [3.05, 3.63) is 34.3 Å². The van der Waals surface area contributed by atoms with E-state index in [-0.39, 0.29) is 0 Å². The third kappa shape index (κ3) is 3.82. The van der Waals surface area contributed by atoms with Crippen molar-refractivity contribution in [3.63, 3.8) is 0 Å². The maximum Gasteiger partial charge on any atom is 0.0474 e. The van der Waals surface area contributed by atoms with Gasteiger partial charge in [0.05, 0.1) is 0 Å². The minimum atomic E-state index is 0.323. The summed E-state index contributed by atoms with van der Waals surface area (Å²) in [4.78, 5) is 5.06. The summed E-state index contributed by atoms with van der Waals surface area (Å²) in [5.41, 5.74) is 7.44. The van der Waals surface area contributed by atoms with Gasteiger partial charge in [-0.25, -0.2) is 0 Å². The summed E-state index contributed by atoms with van der Waals surface area (Å²) >= 11 is 3.57. The normalized spacial score (nSPS) is 23.5. The summed E-state index contributed by atoms with van der Waals surface area (Å²) in [5, 5.41) is 0. The van der Waals surface area contributed by atoms with Crippen molar-refractivity contribution >= 4 is 15.9 Å². The molecule has 2 unspecified atom stereocenters. The lowest BCUT2D eigenvalue weighted by Crippen LogP contribution is -2.44. The van der Waals surface area contributed by atoms with E-state index in [9.17, 15) is 0 Å². The molecule has 1 aromatic rings. The number of hydrogen-bond acceptors (Lipinski definition) is 3. The second-order valence-corrected chi connectivity index (χ2v) is 6.64. The summed E-state index contributed by atoms with van der Waals surface area (Å²) in [7, 11) is 2.22. The first-order valence-corrected chi connectivity index (χ1v) is 8.34. The monoisotopic (exact) mass is 339 g/mol. The topological polar surface area (TPSA) is 32.5 Å². The predicted octanol–water partition coefficient (Wildman–Crippen LogP) is 2.87. The average Bonchev–Trinajstić information content (AvgIpc) is 2.62. The van der Waals surface area contributed by atoms with Crippen LogP contribution in [0, 0.1) is 0 Å². The molecule has 1 fully saturated rings. The van der Waals surface area contributed by atoms with Gasteiger partial charge in [0.1, 0.15) is 0 Å². The number of hydrogen-bond donors (Lipinski definition) is 1. The standard InChI is InChI=1S/C16H26BrN3/c1-3-15-12-19(2)8-5-9-20(15)16(11-18)13-6-4-7-14(17)10-13/h4,6-7,10,15-16H,3,5,8-9,11-12,18H2,1-2H3. The van der Waals surface area contributed by atoms with Crippen LogP contribution in [0.2, 0.25) is 0 Å². The third-order valence-electron chi connectivity index (χ3n) is 4.28. The lowest BCUT2D eigenvalue weighted by molar-refractivity contribution is 0.131. The molecule has 0 aliphatic carbocycles. The first kappa shape index (κ1) is 16.0. The van der Waals surface area contributed by atoms with Gasteiger partial charge < -0.3 is 10.6 Å². The highest BCUT2D eigenvalue weighted by Gasteiger charge is 2.28. The highest BCUT2D eigenvalue weighted by atomic mass is 79.9. The van der Waals surface area contributed by atoms with Crippen molar-refractivity contribution in [2.45, 2.75) is 31.8 Å². The highest BCUT2D eigenvalue weighted by Crippen LogP contribution is 2.27. The van der Waals surface area contributed by atoms with Gasteiger partial charge in [-0.2, -0.15) is 0 Å². The number of halogens is 1. The van der Waals surface area contributed by atoms with Gasteiger partial charge in [0.15, 0.2) is 0 Å². The zero-order chi connectivity index (χ0) is 14.5. The molecule has 0 spiro atoms. The van der Waals surface area contributed by atoms with Crippen LogP contribution in [0.1, 0.15) is 31.4 Å². The summed E-state index contributed by atoms with van der Waals surface area (Å²) in [6.07, 6.45) is 2.40. The minimum absolute atomic E-state index is 0.323. The van der Waals surface area contributed by atoms with Crippen LogP contribution in [0.4, 0.5) is 0 Å². The Labute approximate surface area is 131 Å². The van der Waals surface area contributed by atoms with Gasteiger partial charge in [-0.15, -0.1) is 0 Å². The van der Waals surface area contributed by atoms with Crippen molar-refractivity contribution in [1.29, 1.82) is 0 Å². The molecule has 2 rings (SSSR count). The molecule has 1 aromatic carbocycles. The van der Waals surface area contributed by atoms with Crippen LogP contribution in [0.25, 0.3) is 0 Å². The third-order valence-corrected chi connectivity index (χ3v) is 4.77. The molecule has 0 radical (unpaired) electrons. The molecule has 2 atom stereocenters. The van der Waals surface area contributed by atoms with Crippen LogP contribution in [-0.2, 0) is 0 Å². The van der Waals surface area contributed by atoms with Gasteiger partial charge in [0.25, 0.3) is 0 Å². The lowest BCUT2D eigenvalue weighted by atomic mass is 10.0. The Morgan fingerprint density at radius 1 is 1.40 bits per heavy atom. The first-order valence-electron chi connectivity index (χ1n) is 7.55. The van der Waals surface area contributed by atoms with E-state index < -0.39 is 0 Å². The lowest BCUT2D eigenvalue weighted by Gasteiger charge is -2.37. The quantitative estimate of drug-likeness (QED) is 0.915. The Balaban J connectivity index is 2.24. The molecule has 0 bridgehead atoms. The molecule has 112 valence electrons. The average molecular weight is 340 g/mol. The van der Waals surface area contributed by atoms with Gasteiger partial charge in [-0.05, 0) is 44.1 Å². The van der Waals surface area contributed by atoms with Crippen LogP contribution in [-0.4, -0.2) is 49.1 Å². The van der Waals surface area contributed by atoms with Crippen LogP contribution in [0.3, 0.4) is 0 Å². The number of rotatable bonds is 4. The number of nitrogens with two attached hydrogens (primary N) is 1. The molecular formula is C16H26BrN3. The fourth-order valence-corrected chi connectivity index (χ4v) is 3.63. The largest absolute Gasteiger partial charge is 0.329 e. The fraction of sp³-hybridized carbons (Fsp3) is 0.625. The molecule has 0 aromatic heterocycles. The van der Waals surface area contributed by atoms with Gasteiger partial charge in [0, 0.05) is 36.2 Å². The van der Waals surface area contributed by atoms with Crippen LogP contribution < -0.4 is 5.73 Å². The van der Waals surface area contributed by atoms with Gasteiger partial charge in [0.2, 0.25) is 0 Å². The maximum absolute atomic E-state index is 6.12. The molecule has 1 aliphatic rings. The van der Waals surface area contributed by atoms with E-state index in [4.69, 9.17) is 5.73 Å². The van der Waals surface area contributed by atoms with E-state index in [0.29, 0.717) is 18.6 Å². The van der Waals surface area contributed by atoms with Crippen molar-refractivity contribution in [2.24, 2.45) is 5.73 Å². The van der Waals surface area contributed by atoms with E-state index in [1.165, 1.54) is 24.9 Å². The molecule has 20 heavy (non-hydrogen) atoms. The number of nitrogens with zero attached hydrogens (tertiary/aromatic N) is 2. The SMILES string of the molecule is CCC1CN(C)CCCN1C(CN)c1cccc(Br)c1. The molecule has 0 saturated carbocycles. The van der Waals surface area contributed by atoms with Crippen molar-refractivity contribution in [2.75, 3.05) is 33.2 Å². The Morgan fingerprint density at radius 2 is 2.20 bits per heavy atom. The van der Waals surface area contributed by atoms with E-state index in [0.717, 1.165) is 17.6 Å². The zero-order valence-electron chi connectivity index (χ0n) is 12.6. The molecule has 1 heterocycles. The molecule has 0 amide bonds.